The van der Waals surface area contributed by atoms with Crippen molar-refractivity contribution in [3.05, 3.63) is 35.9 Å². The van der Waals surface area contributed by atoms with E-state index in [-0.39, 0.29) is 42.5 Å². The van der Waals surface area contributed by atoms with Gasteiger partial charge in [-0.3, -0.25) is 24.2 Å². The van der Waals surface area contributed by atoms with Crippen LogP contribution in [-0.2, 0) is 14.4 Å². The van der Waals surface area contributed by atoms with Crippen molar-refractivity contribution in [3.8, 4) is 0 Å². The van der Waals surface area contributed by atoms with Crippen molar-refractivity contribution in [3.63, 3.8) is 0 Å². The van der Waals surface area contributed by atoms with Gasteiger partial charge in [0.1, 0.15) is 12.1 Å². The molecule has 8 heteroatoms. The zero-order valence-corrected chi connectivity index (χ0v) is 18.5. The molecule has 8 nitrogen and oxygen atoms in total. The summed E-state index contributed by atoms with van der Waals surface area (Å²) in [5.74, 6) is -0.969. The molecule has 2 aliphatic heterocycles. The molecule has 0 aromatic heterocycles. The molecule has 1 aromatic carbocycles. The highest BCUT2D eigenvalue weighted by molar-refractivity contribution is 5.99. The molecule has 0 aliphatic carbocycles. The van der Waals surface area contributed by atoms with E-state index >= 15 is 0 Å². The maximum absolute atomic E-state index is 13.4. The zero-order valence-electron chi connectivity index (χ0n) is 18.5. The molecule has 2 heterocycles. The van der Waals surface area contributed by atoms with Crippen LogP contribution in [0.2, 0.25) is 0 Å². The highest BCUT2D eigenvalue weighted by Gasteiger charge is 2.44. The summed E-state index contributed by atoms with van der Waals surface area (Å²) < 4.78 is 0. The van der Waals surface area contributed by atoms with E-state index < -0.39 is 18.0 Å². The summed E-state index contributed by atoms with van der Waals surface area (Å²) in [4.78, 5) is 51.9. The lowest BCUT2D eigenvalue weighted by molar-refractivity contribution is -0.176. The zero-order chi connectivity index (χ0) is 22.5. The number of carbonyl (C=O) groups excluding carboxylic acids is 4. The molecule has 0 saturated carbocycles. The SMILES string of the molecule is CC[C@H](NC(=O)[C@@H]1CCCN2C(=O)CC[C@H](NC(=O)c3ccccc3)C(=O)N12)C(C)C. The molecule has 31 heavy (non-hydrogen) atoms. The Kier molecular flexibility index (Phi) is 7.30. The summed E-state index contributed by atoms with van der Waals surface area (Å²) in [5, 5.41) is 8.52. The number of benzene rings is 1. The Morgan fingerprint density at radius 3 is 2.48 bits per heavy atom. The molecular formula is C23H32N4O4. The second kappa shape index (κ2) is 9.94. The molecule has 2 saturated heterocycles. The minimum absolute atomic E-state index is 0.00533. The first-order valence-corrected chi connectivity index (χ1v) is 11.1. The molecule has 0 bridgehead atoms. The maximum Gasteiger partial charge on any atom is 0.264 e. The van der Waals surface area contributed by atoms with Gasteiger partial charge in [-0.1, -0.05) is 39.0 Å². The first-order chi connectivity index (χ1) is 14.8. The van der Waals surface area contributed by atoms with Crippen LogP contribution < -0.4 is 10.6 Å². The van der Waals surface area contributed by atoms with Crippen molar-refractivity contribution in [1.29, 1.82) is 0 Å². The molecule has 0 spiro atoms. The average Bonchev–Trinajstić information content (AvgIpc) is 2.89. The Labute approximate surface area is 183 Å². The van der Waals surface area contributed by atoms with Gasteiger partial charge in [-0.2, -0.15) is 0 Å². The summed E-state index contributed by atoms with van der Waals surface area (Å²) in [5.41, 5.74) is 0.443. The predicted molar refractivity (Wildman–Crippen MR) is 116 cm³/mol. The van der Waals surface area contributed by atoms with Crippen LogP contribution in [0.3, 0.4) is 0 Å². The molecule has 2 fully saturated rings. The van der Waals surface area contributed by atoms with Crippen molar-refractivity contribution in [2.45, 2.75) is 71.0 Å². The smallest absolute Gasteiger partial charge is 0.264 e. The molecule has 0 unspecified atom stereocenters. The fourth-order valence-electron chi connectivity index (χ4n) is 4.26. The van der Waals surface area contributed by atoms with Crippen molar-refractivity contribution < 1.29 is 19.2 Å². The lowest BCUT2D eigenvalue weighted by Crippen LogP contribution is -2.64. The molecule has 168 valence electrons. The Morgan fingerprint density at radius 2 is 1.84 bits per heavy atom. The van der Waals surface area contributed by atoms with E-state index in [1.807, 2.05) is 26.8 Å². The van der Waals surface area contributed by atoms with Gasteiger partial charge in [0.15, 0.2) is 0 Å². The highest BCUT2D eigenvalue weighted by Crippen LogP contribution is 2.25. The van der Waals surface area contributed by atoms with E-state index in [0.717, 1.165) is 6.42 Å². The van der Waals surface area contributed by atoms with Gasteiger partial charge in [-0.15, -0.1) is 0 Å². The van der Waals surface area contributed by atoms with Crippen LogP contribution in [0.4, 0.5) is 0 Å². The summed E-state index contributed by atoms with van der Waals surface area (Å²) in [7, 11) is 0. The quantitative estimate of drug-likeness (QED) is 0.723. The number of hydrogen-bond acceptors (Lipinski definition) is 4. The third kappa shape index (κ3) is 5.06. The first kappa shape index (κ1) is 22.8. The number of hydrogen-bond donors (Lipinski definition) is 2. The average molecular weight is 429 g/mol. The number of amides is 4. The van der Waals surface area contributed by atoms with Gasteiger partial charge in [0.2, 0.25) is 11.8 Å². The normalized spacial score (nSPS) is 22.6. The van der Waals surface area contributed by atoms with E-state index in [4.69, 9.17) is 0 Å². The van der Waals surface area contributed by atoms with Crippen LogP contribution in [-0.4, -0.2) is 58.3 Å². The van der Waals surface area contributed by atoms with Crippen molar-refractivity contribution >= 4 is 23.6 Å². The van der Waals surface area contributed by atoms with E-state index in [9.17, 15) is 19.2 Å². The Balaban J connectivity index is 1.81. The summed E-state index contributed by atoms with van der Waals surface area (Å²) in [6.45, 7) is 6.48. The Morgan fingerprint density at radius 1 is 1.13 bits per heavy atom. The number of fused-ring (bicyclic) bond motifs is 1. The van der Waals surface area contributed by atoms with Crippen molar-refractivity contribution in [2.75, 3.05) is 6.54 Å². The molecule has 1 aromatic rings. The number of nitrogens with one attached hydrogen (secondary N) is 2. The minimum atomic E-state index is -0.859. The number of hydrazine groups is 1. The van der Waals surface area contributed by atoms with Gasteiger partial charge in [0.25, 0.3) is 11.8 Å². The fraction of sp³-hybridized carbons (Fsp3) is 0.565. The molecule has 3 atom stereocenters. The molecule has 2 N–H and O–H groups in total. The molecular weight excluding hydrogens is 396 g/mol. The minimum Gasteiger partial charge on any atom is -0.351 e. The predicted octanol–water partition coefficient (Wildman–Crippen LogP) is 1.86. The number of rotatable bonds is 6. The van der Waals surface area contributed by atoms with Crippen molar-refractivity contribution in [2.24, 2.45) is 5.92 Å². The monoisotopic (exact) mass is 428 g/mol. The number of carbonyl (C=O) groups is 4. The highest BCUT2D eigenvalue weighted by atomic mass is 16.2. The molecule has 4 amide bonds. The van der Waals surface area contributed by atoms with Gasteiger partial charge in [-0.05, 0) is 43.7 Å². The van der Waals surface area contributed by atoms with Crippen molar-refractivity contribution in [1.82, 2.24) is 20.7 Å². The topological polar surface area (TPSA) is 98.8 Å². The Hall–Kier alpha value is -2.90. The summed E-state index contributed by atoms with van der Waals surface area (Å²) in [6.07, 6.45) is 2.26. The standard InChI is InChI=1S/C23H32N4O4/c1-4-17(15(2)3)24-22(30)19-11-8-14-26-20(28)13-12-18(23(31)27(19)26)25-21(29)16-9-6-5-7-10-16/h5-7,9-10,15,17-19H,4,8,11-14H2,1-3H3,(H,24,30)(H,25,29)/t17-,18-,19-/m0/s1. The van der Waals surface area contributed by atoms with Crippen LogP contribution in [0.25, 0.3) is 0 Å². The second-order valence-electron chi connectivity index (χ2n) is 8.56. The van der Waals surface area contributed by atoms with Crippen LogP contribution in [0, 0.1) is 5.92 Å². The summed E-state index contributed by atoms with van der Waals surface area (Å²) >= 11 is 0. The maximum atomic E-state index is 13.4. The molecule has 0 radical (unpaired) electrons. The second-order valence-corrected chi connectivity index (χ2v) is 8.56. The van der Waals surface area contributed by atoms with Crippen LogP contribution in [0.5, 0.6) is 0 Å². The number of nitrogens with zero attached hydrogens (tertiary/aromatic N) is 2. The van der Waals surface area contributed by atoms with Gasteiger partial charge < -0.3 is 10.6 Å². The Bertz CT molecular complexity index is 826. The third-order valence-electron chi connectivity index (χ3n) is 6.08. The van der Waals surface area contributed by atoms with E-state index in [2.05, 4.69) is 10.6 Å². The molecule has 2 aliphatic rings. The van der Waals surface area contributed by atoms with E-state index in [1.165, 1.54) is 10.0 Å². The van der Waals surface area contributed by atoms with E-state index in [0.29, 0.717) is 24.9 Å². The van der Waals surface area contributed by atoms with Gasteiger partial charge in [0, 0.05) is 24.6 Å². The van der Waals surface area contributed by atoms with Crippen LogP contribution in [0.1, 0.15) is 63.2 Å². The van der Waals surface area contributed by atoms with Crippen LogP contribution in [0.15, 0.2) is 30.3 Å². The van der Waals surface area contributed by atoms with Crippen LogP contribution >= 0.6 is 0 Å². The van der Waals surface area contributed by atoms with Gasteiger partial charge in [-0.25, -0.2) is 5.01 Å². The largest absolute Gasteiger partial charge is 0.351 e. The fourth-order valence-corrected chi connectivity index (χ4v) is 4.26. The van der Waals surface area contributed by atoms with Gasteiger partial charge in [0.05, 0.1) is 0 Å². The first-order valence-electron chi connectivity index (χ1n) is 11.1. The third-order valence-corrected chi connectivity index (χ3v) is 6.08. The molecule has 3 rings (SSSR count). The lowest BCUT2D eigenvalue weighted by Gasteiger charge is -2.43. The van der Waals surface area contributed by atoms with E-state index in [1.54, 1.807) is 24.3 Å². The lowest BCUT2D eigenvalue weighted by atomic mass is 10.00. The summed E-state index contributed by atoms with van der Waals surface area (Å²) in [6, 6.07) is 7.02. The van der Waals surface area contributed by atoms with Gasteiger partial charge >= 0.3 is 0 Å².